The lowest BCUT2D eigenvalue weighted by Crippen LogP contribution is -2.23. The molecule has 0 fully saturated rings. The van der Waals surface area contributed by atoms with Gasteiger partial charge in [0.2, 0.25) is 0 Å². The Morgan fingerprint density at radius 2 is 2.10 bits per heavy atom. The first-order valence-corrected chi connectivity index (χ1v) is 7.04. The molecule has 0 amide bonds. The Morgan fingerprint density at radius 1 is 1.30 bits per heavy atom. The average Bonchev–Trinajstić information content (AvgIpc) is 2.85. The maximum Gasteiger partial charge on any atom is 0.124 e. The number of hydrogen-bond acceptors (Lipinski definition) is 4. The third-order valence-electron chi connectivity index (χ3n) is 3.11. The van der Waals surface area contributed by atoms with Crippen LogP contribution in [-0.4, -0.2) is 28.1 Å². The van der Waals surface area contributed by atoms with Crippen molar-refractivity contribution in [2.75, 3.05) is 13.2 Å². The molecule has 5 nitrogen and oxygen atoms in total. The predicted octanol–water partition coefficient (Wildman–Crippen LogP) is 2.11. The highest BCUT2D eigenvalue weighted by Crippen LogP contribution is 2.27. The van der Waals surface area contributed by atoms with E-state index in [0.717, 1.165) is 24.4 Å². The number of para-hydroxylation sites is 1. The van der Waals surface area contributed by atoms with E-state index < -0.39 is 0 Å². The highest BCUT2D eigenvalue weighted by atomic mass is 16.5. The van der Waals surface area contributed by atoms with E-state index in [4.69, 9.17) is 4.74 Å². The Balaban J connectivity index is 2.23. The van der Waals surface area contributed by atoms with Crippen molar-refractivity contribution in [1.29, 1.82) is 0 Å². The Labute approximate surface area is 120 Å². The molecule has 1 heterocycles. The van der Waals surface area contributed by atoms with Crippen molar-refractivity contribution < 1.29 is 4.74 Å². The van der Waals surface area contributed by atoms with Crippen molar-refractivity contribution >= 4 is 0 Å². The number of nitrogens with one attached hydrogen (secondary N) is 1. The summed E-state index contributed by atoms with van der Waals surface area (Å²) >= 11 is 0. The maximum atomic E-state index is 5.73. The van der Waals surface area contributed by atoms with E-state index in [1.807, 2.05) is 38.4 Å². The monoisotopic (exact) mass is 274 g/mol. The van der Waals surface area contributed by atoms with Crippen LogP contribution in [0.2, 0.25) is 0 Å². The van der Waals surface area contributed by atoms with Crippen LogP contribution >= 0.6 is 0 Å². The average molecular weight is 274 g/mol. The molecule has 0 aliphatic heterocycles. The summed E-state index contributed by atoms with van der Waals surface area (Å²) in [7, 11) is 1.88. The maximum absolute atomic E-state index is 5.73. The Hall–Kier alpha value is -1.88. The molecule has 2 aromatic rings. The second-order valence-electron chi connectivity index (χ2n) is 4.67. The first kappa shape index (κ1) is 14.5. The molecular weight excluding hydrogens is 252 g/mol. The minimum absolute atomic E-state index is 0.180. The summed E-state index contributed by atoms with van der Waals surface area (Å²) < 4.78 is 7.45. The fourth-order valence-corrected chi connectivity index (χ4v) is 2.29. The van der Waals surface area contributed by atoms with Gasteiger partial charge in [-0.05, 0) is 19.5 Å². The molecule has 0 spiro atoms. The van der Waals surface area contributed by atoms with E-state index in [1.54, 1.807) is 4.68 Å². The Bertz CT molecular complexity index is 538. The SMILES string of the molecule is CCNC(Cc1cn(C)nn1)c1ccccc1OCC. The number of rotatable bonds is 7. The zero-order valence-corrected chi connectivity index (χ0v) is 12.3. The fraction of sp³-hybridized carbons (Fsp3) is 0.467. The molecule has 0 bridgehead atoms. The van der Waals surface area contributed by atoms with Crippen LogP contribution in [0, 0.1) is 0 Å². The van der Waals surface area contributed by atoms with Gasteiger partial charge >= 0.3 is 0 Å². The van der Waals surface area contributed by atoms with Gasteiger partial charge in [-0.25, -0.2) is 0 Å². The number of likely N-dealkylation sites (N-methyl/N-ethyl adjacent to an activating group) is 1. The number of ether oxygens (including phenoxy) is 1. The van der Waals surface area contributed by atoms with Crippen molar-refractivity contribution in [2.24, 2.45) is 7.05 Å². The van der Waals surface area contributed by atoms with Gasteiger partial charge in [0.1, 0.15) is 5.75 Å². The van der Waals surface area contributed by atoms with Gasteiger partial charge in [-0.1, -0.05) is 30.3 Å². The van der Waals surface area contributed by atoms with Crippen molar-refractivity contribution in [1.82, 2.24) is 20.3 Å². The minimum Gasteiger partial charge on any atom is -0.494 e. The van der Waals surface area contributed by atoms with Crippen LogP contribution in [0.5, 0.6) is 5.75 Å². The summed E-state index contributed by atoms with van der Waals surface area (Å²) in [6, 6.07) is 8.34. The first-order valence-electron chi connectivity index (χ1n) is 7.04. The molecule has 1 atom stereocenters. The lowest BCUT2D eigenvalue weighted by molar-refractivity contribution is 0.331. The third-order valence-corrected chi connectivity index (χ3v) is 3.11. The molecular formula is C15H22N4O. The molecule has 0 saturated carbocycles. The highest BCUT2D eigenvalue weighted by Gasteiger charge is 2.17. The number of nitrogens with zero attached hydrogens (tertiary/aromatic N) is 3. The summed E-state index contributed by atoms with van der Waals surface area (Å²) in [5.74, 6) is 0.935. The molecule has 0 aliphatic rings. The summed E-state index contributed by atoms with van der Waals surface area (Å²) in [5.41, 5.74) is 2.15. The molecule has 108 valence electrons. The summed E-state index contributed by atoms with van der Waals surface area (Å²) in [5, 5.41) is 11.7. The van der Waals surface area contributed by atoms with Gasteiger partial charge in [-0.15, -0.1) is 5.10 Å². The molecule has 1 aromatic heterocycles. The van der Waals surface area contributed by atoms with Crippen LogP contribution in [0.4, 0.5) is 0 Å². The van der Waals surface area contributed by atoms with Gasteiger partial charge in [0.05, 0.1) is 12.3 Å². The molecule has 5 heteroatoms. The van der Waals surface area contributed by atoms with E-state index in [2.05, 4.69) is 28.6 Å². The molecule has 1 aromatic carbocycles. The minimum atomic E-state index is 0.180. The Kier molecular flexibility index (Phi) is 5.12. The molecule has 0 radical (unpaired) electrons. The van der Waals surface area contributed by atoms with Gasteiger partial charge in [0.15, 0.2) is 0 Å². The molecule has 1 unspecified atom stereocenters. The van der Waals surface area contributed by atoms with E-state index in [1.165, 1.54) is 5.56 Å². The van der Waals surface area contributed by atoms with Crippen LogP contribution in [-0.2, 0) is 13.5 Å². The molecule has 0 aliphatic carbocycles. The van der Waals surface area contributed by atoms with Gasteiger partial charge in [-0.2, -0.15) is 0 Å². The molecule has 2 rings (SSSR count). The van der Waals surface area contributed by atoms with E-state index in [0.29, 0.717) is 6.61 Å². The molecule has 1 N–H and O–H groups in total. The van der Waals surface area contributed by atoms with Crippen molar-refractivity contribution in [2.45, 2.75) is 26.3 Å². The summed E-state index contributed by atoms with van der Waals surface area (Å²) in [6.07, 6.45) is 2.75. The van der Waals surface area contributed by atoms with Crippen molar-refractivity contribution in [3.8, 4) is 5.75 Å². The zero-order valence-electron chi connectivity index (χ0n) is 12.3. The van der Waals surface area contributed by atoms with Crippen LogP contribution in [0.15, 0.2) is 30.5 Å². The third kappa shape index (κ3) is 3.57. The van der Waals surface area contributed by atoms with Gasteiger partial charge in [0.25, 0.3) is 0 Å². The molecule has 0 saturated heterocycles. The summed E-state index contributed by atoms with van der Waals surface area (Å²) in [4.78, 5) is 0. The van der Waals surface area contributed by atoms with Crippen LogP contribution in [0.1, 0.15) is 31.1 Å². The van der Waals surface area contributed by atoms with Crippen LogP contribution < -0.4 is 10.1 Å². The van der Waals surface area contributed by atoms with Crippen molar-refractivity contribution in [3.05, 3.63) is 41.7 Å². The molecule has 20 heavy (non-hydrogen) atoms. The number of benzene rings is 1. The Morgan fingerprint density at radius 3 is 2.75 bits per heavy atom. The van der Waals surface area contributed by atoms with Gasteiger partial charge in [-0.3, -0.25) is 4.68 Å². The normalized spacial score (nSPS) is 12.3. The first-order chi connectivity index (χ1) is 9.74. The quantitative estimate of drug-likeness (QED) is 0.840. The second kappa shape index (κ2) is 7.05. The lowest BCUT2D eigenvalue weighted by atomic mass is 10.0. The highest BCUT2D eigenvalue weighted by molar-refractivity contribution is 5.36. The number of hydrogen-bond donors (Lipinski definition) is 1. The summed E-state index contributed by atoms with van der Waals surface area (Å²) in [6.45, 7) is 5.67. The van der Waals surface area contributed by atoms with E-state index >= 15 is 0 Å². The standard InChI is InChI=1S/C15H22N4O/c1-4-16-14(10-12-11-19(3)18-17-12)13-8-6-7-9-15(13)20-5-2/h6-9,11,14,16H,4-5,10H2,1-3H3. The van der Waals surface area contributed by atoms with E-state index in [-0.39, 0.29) is 6.04 Å². The second-order valence-corrected chi connectivity index (χ2v) is 4.67. The topological polar surface area (TPSA) is 52.0 Å². The largest absolute Gasteiger partial charge is 0.494 e. The van der Waals surface area contributed by atoms with Gasteiger partial charge in [0, 0.05) is 31.3 Å². The van der Waals surface area contributed by atoms with Crippen molar-refractivity contribution in [3.63, 3.8) is 0 Å². The zero-order chi connectivity index (χ0) is 14.4. The smallest absolute Gasteiger partial charge is 0.124 e. The number of aryl methyl sites for hydroxylation is 1. The van der Waals surface area contributed by atoms with Gasteiger partial charge < -0.3 is 10.1 Å². The lowest BCUT2D eigenvalue weighted by Gasteiger charge is -2.20. The van der Waals surface area contributed by atoms with E-state index in [9.17, 15) is 0 Å². The fourth-order valence-electron chi connectivity index (χ4n) is 2.29. The number of aromatic nitrogens is 3. The van der Waals surface area contributed by atoms with Crippen LogP contribution in [0.25, 0.3) is 0 Å². The van der Waals surface area contributed by atoms with Crippen LogP contribution in [0.3, 0.4) is 0 Å². The predicted molar refractivity (Wildman–Crippen MR) is 78.7 cm³/mol.